The van der Waals surface area contributed by atoms with Crippen LogP contribution in [0.15, 0.2) is 36.5 Å². The van der Waals surface area contributed by atoms with Crippen LogP contribution in [0.2, 0.25) is 5.02 Å². The van der Waals surface area contributed by atoms with E-state index in [2.05, 4.69) is 15.6 Å². The van der Waals surface area contributed by atoms with Crippen LogP contribution in [0.1, 0.15) is 22.3 Å². The van der Waals surface area contributed by atoms with E-state index in [-0.39, 0.29) is 10.6 Å². The van der Waals surface area contributed by atoms with E-state index in [1.54, 1.807) is 0 Å². The van der Waals surface area contributed by atoms with E-state index in [9.17, 15) is 22.4 Å². The summed E-state index contributed by atoms with van der Waals surface area (Å²) in [5, 5.41) is 5.49. The Morgan fingerprint density at radius 2 is 1.92 bits per heavy atom. The molecule has 4 nitrogen and oxygen atoms in total. The fourth-order valence-corrected chi connectivity index (χ4v) is 2.19. The number of rotatable bonds is 6. The number of hydrogen-bond donors (Lipinski definition) is 2. The smallest absolute Gasteiger partial charge is 0.370 e. The highest BCUT2D eigenvalue weighted by Gasteiger charge is 2.30. The van der Waals surface area contributed by atoms with Crippen molar-refractivity contribution in [2.24, 2.45) is 0 Å². The van der Waals surface area contributed by atoms with Crippen molar-refractivity contribution in [2.45, 2.75) is 12.6 Å². The number of benzene rings is 1. The summed E-state index contributed by atoms with van der Waals surface area (Å²) in [6.07, 6.45) is -3.16. The van der Waals surface area contributed by atoms with Gasteiger partial charge in [-0.3, -0.25) is 4.79 Å². The van der Waals surface area contributed by atoms with Gasteiger partial charge in [0.05, 0.1) is 16.1 Å². The molecule has 0 unspecified atom stereocenters. The summed E-state index contributed by atoms with van der Waals surface area (Å²) < 4.78 is 50.1. The largest absolute Gasteiger partial charge is 0.417 e. The van der Waals surface area contributed by atoms with Gasteiger partial charge in [0.2, 0.25) is 0 Å². The third-order valence-electron chi connectivity index (χ3n) is 3.21. The Morgan fingerprint density at radius 3 is 2.52 bits per heavy atom. The molecule has 0 radical (unpaired) electrons. The van der Waals surface area contributed by atoms with Crippen molar-refractivity contribution in [1.82, 2.24) is 10.3 Å². The molecule has 0 aliphatic carbocycles. The van der Waals surface area contributed by atoms with Crippen molar-refractivity contribution in [1.29, 1.82) is 0 Å². The number of nitrogens with zero attached hydrogens (tertiary/aromatic N) is 1. The summed E-state index contributed by atoms with van der Waals surface area (Å²) in [4.78, 5) is 15.6. The van der Waals surface area contributed by atoms with E-state index in [1.165, 1.54) is 12.1 Å². The fourth-order valence-electron chi connectivity index (χ4n) is 1.94. The molecule has 0 saturated carbocycles. The highest BCUT2D eigenvalue weighted by Crippen LogP contribution is 2.28. The summed E-state index contributed by atoms with van der Waals surface area (Å²) >= 11 is 5.79. The molecule has 2 aromatic rings. The van der Waals surface area contributed by atoms with Gasteiger partial charge in [-0.15, -0.1) is 0 Å². The number of anilines is 1. The number of pyridine rings is 1. The number of carbonyl (C=O) groups excluding carboxylic acids is 1. The molecule has 1 heterocycles. The molecule has 2 rings (SSSR count). The van der Waals surface area contributed by atoms with E-state index < -0.39 is 23.5 Å². The highest BCUT2D eigenvalue weighted by atomic mass is 35.5. The minimum absolute atomic E-state index is 0.0181. The summed E-state index contributed by atoms with van der Waals surface area (Å²) in [5.74, 6) is -0.659. The first-order valence-electron chi connectivity index (χ1n) is 7.28. The van der Waals surface area contributed by atoms with E-state index in [0.29, 0.717) is 25.3 Å². The van der Waals surface area contributed by atoms with Gasteiger partial charge in [0.25, 0.3) is 5.91 Å². The highest BCUT2D eigenvalue weighted by molar-refractivity contribution is 6.33. The van der Waals surface area contributed by atoms with E-state index in [4.69, 9.17) is 11.6 Å². The minimum atomic E-state index is -4.42. The number of carbonyl (C=O) groups is 1. The zero-order chi connectivity index (χ0) is 18.4. The first-order chi connectivity index (χ1) is 11.8. The molecule has 0 fully saturated rings. The number of amides is 1. The molecule has 0 saturated heterocycles. The Labute approximate surface area is 146 Å². The standard InChI is InChI=1S/C16H14ClF4N3O/c17-13-8-11(18)3-4-12(13)15(25)23-7-1-6-22-14-5-2-10(9-24-14)16(19,20)21/h2-5,8-9H,1,6-7H2,(H,22,24)(H,23,25). The number of aromatic nitrogens is 1. The molecule has 134 valence electrons. The lowest BCUT2D eigenvalue weighted by atomic mass is 10.2. The van der Waals surface area contributed by atoms with Crippen LogP contribution in [-0.2, 0) is 6.18 Å². The normalized spacial score (nSPS) is 11.2. The molecule has 2 N–H and O–H groups in total. The monoisotopic (exact) mass is 375 g/mol. The molecule has 9 heteroatoms. The Hall–Kier alpha value is -2.35. The summed E-state index contributed by atoms with van der Waals surface area (Å²) in [5.41, 5.74) is -0.651. The fraction of sp³-hybridized carbons (Fsp3) is 0.250. The molecule has 0 atom stereocenters. The molecule has 0 aliphatic heterocycles. The Kier molecular flexibility index (Phi) is 6.19. The summed E-state index contributed by atoms with van der Waals surface area (Å²) in [6, 6.07) is 5.65. The van der Waals surface area contributed by atoms with Gasteiger partial charge in [-0.05, 0) is 36.8 Å². The maximum Gasteiger partial charge on any atom is 0.417 e. The average Bonchev–Trinajstić information content (AvgIpc) is 2.54. The second-order valence-corrected chi connectivity index (χ2v) is 5.50. The lowest BCUT2D eigenvalue weighted by Crippen LogP contribution is -2.26. The van der Waals surface area contributed by atoms with Crippen LogP contribution >= 0.6 is 11.6 Å². The van der Waals surface area contributed by atoms with Gasteiger partial charge in [-0.25, -0.2) is 9.37 Å². The first-order valence-corrected chi connectivity index (χ1v) is 7.65. The van der Waals surface area contributed by atoms with Crippen LogP contribution in [0.5, 0.6) is 0 Å². The average molecular weight is 376 g/mol. The molecule has 1 aromatic heterocycles. The van der Waals surface area contributed by atoms with Gasteiger partial charge < -0.3 is 10.6 Å². The van der Waals surface area contributed by atoms with Crippen molar-refractivity contribution in [2.75, 3.05) is 18.4 Å². The van der Waals surface area contributed by atoms with Gasteiger partial charge >= 0.3 is 6.18 Å². The van der Waals surface area contributed by atoms with Gasteiger partial charge in [0.15, 0.2) is 0 Å². The maximum atomic E-state index is 12.9. The molecule has 0 aliphatic rings. The zero-order valence-electron chi connectivity index (χ0n) is 12.8. The lowest BCUT2D eigenvalue weighted by molar-refractivity contribution is -0.137. The number of hydrogen-bond acceptors (Lipinski definition) is 3. The van der Waals surface area contributed by atoms with Gasteiger partial charge in [-0.2, -0.15) is 13.2 Å². The van der Waals surface area contributed by atoms with Crippen LogP contribution in [-0.4, -0.2) is 24.0 Å². The maximum absolute atomic E-state index is 12.9. The first kappa shape index (κ1) is 19.0. The third kappa shape index (κ3) is 5.60. The van der Waals surface area contributed by atoms with Crippen molar-refractivity contribution in [3.05, 3.63) is 58.5 Å². The molecule has 0 spiro atoms. The Bertz CT molecular complexity index is 735. The molecule has 1 aromatic carbocycles. The Balaban J connectivity index is 1.73. The SMILES string of the molecule is O=C(NCCCNc1ccc(C(F)(F)F)cn1)c1ccc(F)cc1Cl. The van der Waals surface area contributed by atoms with Crippen LogP contribution in [0, 0.1) is 5.82 Å². The second-order valence-electron chi connectivity index (χ2n) is 5.09. The van der Waals surface area contributed by atoms with E-state index in [1.807, 2.05) is 0 Å². The predicted octanol–water partition coefficient (Wildman–Crippen LogP) is 4.12. The van der Waals surface area contributed by atoms with Gasteiger partial charge in [0, 0.05) is 19.3 Å². The number of nitrogens with one attached hydrogen (secondary N) is 2. The molecule has 0 bridgehead atoms. The van der Waals surface area contributed by atoms with E-state index >= 15 is 0 Å². The molecular weight excluding hydrogens is 362 g/mol. The van der Waals surface area contributed by atoms with Crippen LogP contribution in [0.3, 0.4) is 0 Å². The van der Waals surface area contributed by atoms with E-state index in [0.717, 1.165) is 24.4 Å². The third-order valence-corrected chi connectivity index (χ3v) is 3.52. The summed E-state index contributed by atoms with van der Waals surface area (Å²) in [6.45, 7) is 0.704. The van der Waals surface area contributed by atoms with Crippen LogP contribution < -0.4 is 10.6 Å². The van der Waals surface area contributed by atoms with Crippen LogP contribution in [0.4, 0.5) is 23.4 Å². The van der Waals surface area contributed by atoms with Crippen LogP contribution in [0.25, 0.3) is 0 Å². The topological polar surface area (TPSA) is 54.0 Å². The number of halogens is 5. The van der Waals surface area contributed by atoms with Crippen molar-refractivity contribution in [3.8, 4) is 0 Å². The zero-order valence-corrected chi connectivity index (χ0v) is 13.6. The van der Waals surface area contributed by atoms with Crippen molar-refractivity contribution >= 4 is 23.3 Å². The minimum Gasteiger partial charge on any atom is -0.370 e. The summed E-state index contributed by atoms with van der Waals surface area (Å²) in [7, 11) is 0. The van der Waals surface area contributed by atoms with Gasteiger partial charge in [-0.1, -0.05) is 11.6 Å². The quantitative estimate of drug-likeness (QED) is 0.589. The molecule has 1 amide bonds. The predicted molar refractivity (Wildman–Crippen MR) is 86.1 cm³/mol. The van der Waals surface area contributed by atoms with Crippen molar-refractivity contribution < 1.29 is 22.4 Å². The lowest BCUT2D eigenvalue weighted by Gasteiger charge is -2.09. The second kappa shape index (κ2) is 8.15. The van der Waals surface area contributed by atoms with Gasteiger partial charge in [0.1, 0.15) is 11.6 Å². The molecular formula is C16H14ClF4N3O. The number of alkyl halides is 3. The van der Waals surface area contributed by atoms with Crippen molar-refractivity contribution in [3.63, 3.8) is 0 Å². The molecule has 25 heavy (non-hydrogen) atoms. The Morgan fingerprint density at radius 1 is 1.16 bits per heavy atom.